The second-order valence-corrected chi connectivity index (χ2v) is 8.95. The smallest absolute Gasteiger partial charge is 0.229 e. The minimum absolute atomic E-state index is 0.136. The van der Waals surface area contributed by atoms with Crippen molar-refractivity contribution < 1.29 is 0 Å². The van der Waals surface area contributed by atoms with Gasteiger partial charge in [0, 0.05) is 60.5 Å². The first kappa shape index (κ1) is 21.1. The predicted octanol–water partition coefficient (Wildman–Crippen LogP) is 4.87. The highest BCUT2D eigenvalue weighted by atomic mass is 15.3. The van der Waals surface area contributed by atoms with Crippen molar-refractivity contribution in [3.8, 4) is 0 Å². The zero-order valence-corrected chi connectivity index (χ0v) is 18.9. The quantitative estimate of drug-likeness (QED) is 0.619. The summed E-state index contributed by atoms with van der Waals surface area (Å²) >= 11 is 0. The first-order valence-electron chi connectivity index (χ1n) is 10.9. The van der Waals surface area contributed by atoms with Crippen LogP contribution < -0.4 is 20.4 Å². The molecule has 31 heavy (non-hydrogen) atoms. The first-order chi connectivity index (χ1) is 14.9. The summed E-state index contributed by atoms with van der Waals surface area (Å²) < 4.78 is 0. The SMILES string of the molecule is Cc1cnc(Nc2ccc(N3CCNCC3)cc2)nc1N(c1ccccc1)C(C)(C)C. The van der Waals surface area contributed by atoms with Crippen molar-refractivity contribution in [3.05, 3.63) is 66.4 Å². The van der Waals surface area contributed by atoms with Crippen LogP contribution >= 0.6 is 0 Å². The third-order valence-electron chi connectivity index (χ3n) is 5.45. The van der Waals surface area contributed by atoms with Gasteiger partial charge in [-0.2, -0.15) is 4.98 Å². The summed E-state index contributed by atoms with van der Waals surface area (Å²) in [6, 6.07) is 18.9. The molecular weight excluding hydrogens is 384 g/mol. The average molecular weight is 417 g/mol. The molecule has 0 spiro atoms. The van der Waals surface area contributed by atoms with Crippen LogP contribution in [-0.4, -0.2) is 41.7 Å². The average Bonchev–Trinajstić information content (AvgIpc) is 2.77. The summed E-state index contributed by atoms with van der Waals surface area (Å²) in [7, 11) is 0. The summed E-state index contributed by atoms with van der Waals surface area (Å²) in [4.78, 5) is 14.1. The molecule has 0 saturated carbocycles. The molecule has 162 valence electrons. The minimum atomic E-state index is -0.136. The Morgan fingerprint density at radius 3 is 2.29 bits per heavy atom. The van der Waals surface area contributed by atoms with E-state index < -0.39 is 0 Å². The van der Waals surface area contributed by atoms with Crippen LogP contribution in [0.1, 0.15) is 26.3 Å². The Balaban J connectivity index is 1.58. The number of para-hydroxylation sites is 1. The van der Waals surface area contributed by atoms with Crippen molar-refractivity contribution in [1.82, 2.24) is 15.3 Å². The van der Waals surface area contributed by atoms with Crippen molar-refractivity contribution in [2.75, 3.05) is 41.3 Å². The number of piperazine rings is 1. The Morgan fingerprint density at radius 1 is 0.968 bits per heavy atom. The van der Waals surface area contributed by atoms with E-state index in [4.69, 9.17) is 4.98 Å². The Bertz CT molecular complexity index is 989. The molecule has 0 bridgehead atoms. The molecule has 2 aromatic carbocycles. The molecule has 2 heterocycles. The van der Waals surface area contributed by atoms with Gasteiger partial charge in [-0.3, -0.25) is 0 Å². The number of aromatic nitrogens is 2. The predicted molar refractivity (Wildman–Crippen MR) is 130 cm³/mol. The van der Waals surface area contributed by atoms with E-state index in [1.807, 2.05) is 12.3 Å². The molecule has 0 amide bonds. The van der Waals surface area contributed by atoms with Crippen LogP contribution in [0.5, 0.6) is 0 Å². The van der Waals surface area contributed by atoms with Gasteiger partial charge in [0.1, 0.15) is 5.82 Å². The standard InChI is InChI=1S/C25H32N6/c1-19-18-27-24(28-20-10-12-21(13-11-20)30-16-14-26-15-17-30)29-23(19)31(25(2,3)4)22-8-6-5-7-9-22/h5-13,18,26H,14-17H2,1-4H3,(H,27,28,29). The molecule has 6 nitrogen and oxygen atoms in total. The van der Waals surface area contributed by atoms with E-state index in [1.54, 1.807) is 0 Å². The van der Waals surface area contributed by atoms with Gasteiger partial charge in [0.2, 0.25) is 5.95 Å². The van der Waals surface area contributed by atoms with Crippen molar-refractivity contribution in [3.63, 3.8) is 0 Å². The highest BCUT2D eigenvalue weighted by Gasteiger charge is 2.26. The zero-order chi connectivity index (χ0) is 21.8. The molecule has 3 aromatic rings. The maximum Gasteiger partial charge on any atom is 0.229 e. The Labute approximate surface area is 185 Å². The lowest BCUT2D eigenvalue weighted by atomic mass is 10.0. The fourth-order valence-corrected chi connectivity index (χ4v) is 3.93. The summed E-state index contributed by atoms with van der Waals surface area (Å²) in [6.07, 6.45) is 1.89. The third-order valence-corrected chi connectivity index (χ3v) is 5.45. The van der Waals surface area contributed by atoms with E-state index in [0.29, 0.717) is 5.95 Å². The first-order valence-corrected chi connectivity index (χ1v) is 10.9. The number of nitrogens with zero attached hydrogens (tertiary/aromatic N) is 4. The minimum Gasteiger partial charge on any atom is -0.369 e. The second-order valence-electron chi connectivity index (χ2n) is 8.95. The molecule has 0 aliphatic carbocycles. The monoisotopic (exact) mass is 416 g/mol. The molecule has 0 radical (unpaired) electrons. The third kappa shape index (κ3) is 4.97. The van der Waals surface area contributed by atoms with Gasteiger partial charge < -0.3 is 20.4 Å². The summed E-state index contributed by atoms with van der Waals surface area (Å²) in [5.74, 6) is 1.51. The van der Waals surface area contributed by atoms with Gasteiger partial charge in [-0.1, -0.05) is 18.2 Å². The van der Waals surface area contributed by atoms with Crippen molar-refractivity contribution in [1.29, 1.82) is 0 Å². The molecule has 0 unspecified atom stereocenters. The maximum atomic E-state index is 4.91. The lowest BCUT2D eigenvalue weighted by Crippen LogP contribution is -2.43. The van der Waals surface area contributed by atoms with E-state index in [1.165, 1.54) is 5.69 Å². The van der Waals surface area contributed by atoms with Gasteiger partial charge in [0.15, 0.2) is 0 Å². The lowest BCUT2D eigenvalue weighted by molar-refractivity contribution is 0.554. The van der Waals surface area contributed by atoms with E-state index in [9.17, 15) is 0 Å². The van der Waals surface area contributed by atoms with Crippen LogP contribution in [0.4, 0.5) is 28.8 Å². The van der Waals surface area contributed by atoms with Crippen LogP contribution in [0, 0.1) is 6.92 Å². The number of benzene rings is 2. The molecule has 1 aliphatic rings. The van der Waals surface area contributed by atoms with Crippen LogP contribution in [0.25, 0.3) is 0 Å². The summed E-state index contributed by atoms with van der Waals surface area (Å²) in [6.45, 7) is 12.8. The van der Waals surface area contributed by atoms with Gasteiger partial charge in [-0.15, -0.1) is 0 Å². The fraction of sp³-hybridized carbons (Fsp3) is 0.360. The van der Waals surface area contributed by atoms with E-state index in [-0.39, 0.29) is 5.54 Å². The summed E-state index contributed by atoms with van der Waals surface area (Å²) in [5.41, 5.74) is 4.25. The van der Waals surface area contributed by atoms with Crippen LogP contribution in [0.3, 0.4) is 0 Å². The fourth-order valence-electron chi connectivity index (χ4n) is 3.93. The normalized spacial score (nSPS) is 14.4. The maximum absolute atomic E-state index is 4.91. The van der Waals surface area contributed by atoms with Gasteiger partial charge in [-0.05, 0) is 64.1 Å². The molecule has 1 aromatic heterocycles. The van der Waals surface area contributed by atoms with Crippen molar-refractivity contribution >= 4 is 28.8 Å². The number of anilines is 5. The number of hydrogen-bond acceptors (Lipinski definition) is 6. The number of nitrogens with one attached hydrogen (secondary N) is 2. The van der Waals surface area contributed by atoms with E-state index in [2.05, 4.69) is 102 Å². The van der Waals surface area contributed by atoms with Gasteiger partial charge in [-0.25, -0.2) is 4.98 Å². The molecule has 1 fully saturated rings. The van der Waals surface area contributed by atoms with Gasteiger partial charge in [0.25, 0.3) is 0 Å². The Kier molecular flexibility index (Phi) is 6.09. The van der Waals surface area contributed by atoms with Gasteiger partial charge in [0.05, 0.1) is 0 Å². The lowest BCUT2D eigenvalue weighted by Gasteiger charge is -2.37. The molecule has 4 rings (SSSR count). The molecule has 1 aliphatic heterocycles. The number of rotatable bonds is 5. The van der Waals surface area contributed by atoms with Gasteiger partial charge >= 0.3 is 0 Å². The molecule has 2 N–H and O–H groups in total. The second kappa shape index (κ2) is 8.94. The number of hydrogen-bond donors (Lipinski definition) is 2. The zero-order valence-electron chi connectivity index (χ0n) is 18.9. The van der Waals surface area contributed by atoms with Crippen LogP contribution in [0.15, 0.2) is 60.8 Å². The highest BCUT2D eigenvalue weighted by Crippen LogP contribution is 2.34. The van der Waals surface area contributed by atoms with E-state index in [0.717, 1.165) is 48.9 Å². The molecule has 6 heteroatoms. The Morgan fingerprint density at radius 2 is 1.65 bits per heavy atom. The van der Waals surface area contributed by atoms with Crippen LogP contribution in [-0.2, 0) is 0 Å². The molecular formula is C25H32N6. The van der Waals surface area contributed by atoms with Crippen LogP contribution in [0.2, 0.25) is 0 Å². The topological polar surface area (TPSA) is 56.3 Å². The molecule has 1 saturated heterocycles. The van der Waals surface area contributed by atoms with Crippen molar-refractivity contribution in [2.45, 2.75) is 33.2 Å². The van der Waals surface area contributed by atoms with Crippen molar-refractivity contribution in [2.24, 2.45) is 0 Å². The highest BCUT2D eigenvalue weighted by molar-refractivity contribution is 5.67. The summed E-state index contributed by atoms with van der Waals surface area (Å²) in [5, 5.41) is 6.77. The Hall–Kier alpha value is -3.12. The van der Waals surface area contributed by atoms with E-state index >= 15 is 0 Å². The molecule has 0 atom stereocenters. The largest absolute Gasteiger partial charge is 0.369 e. The number of aryl methyl sites for hydroxylation is 1.